The highest BCUT2D eigenvalue weighted by Crippen LogP contribution is 2.33. The van der Waals surface area contributed by atoms with E-state index >= 15 is 0 Å². The van der Waals surface area contributed by atoms with Crippen molar-refractivity contribution >= 4 is 11.5 Å². The van der Waals surface area contributed by atoms with Crippen LogP contribution < -0.4 is 21.9 Å². The van der Waals surface area contributed by atoms with Gasteiger partial charge in [0, 0.05) is 13.1 Å². The van der Waals surface area contributed by atoms with Gasteiger partial charge in [-0.1, -0.05) is 48.5 Å². The van der Waals surface area contributed by atoms with Gasteiger partial charge in [-0.15, -0.1) is 0 Å². The van der Waals surface area contributed by atoms with Gasteiger partial charge in [-0.2, -0.15) is 13.2 Å². The van der Waals surface area contributed by atoms with Crippen molar-refractivity contribution in [2.75, 3.05) is 17.2 Å². The van der Waals surface area contributed by atoms with Crippen LogP contribution in [0.4, 0.5) is 24.7 Å². The summed E-state index contributed by atoms with van der Waals surface area (Å²) in [7, 11) is 0. The minimum atomic E-state index is -4.53. The van der Waals surface area contributed by atoms with Gasteiger partial charge in [-0.25, -0.2) is 4.79 Å². The Hall–Kier alpha value is -3.49. The number of hydrogen-bond donors (Lipinski definition) is 2. The quantitative estimate of drug-likeness (QED) is 0.644. The van der Waals surface area contributed by atoms with Gasteiger partial charge < -0.3 is 10.6 Å². The van der Waals surface area contributed by atoms with Crippen molar-refractivity contribution in [1.29, 1.82) is 0 Å². The van der Waals surface area contributed by atoms with Crippen molar-refractivity contribution in [3.05, 3.63) is 92.1 Å². The number of aromatic nitrogens is 2. The fourth-order valence-corrected chi connectivity index (χ4v) is 3.30. The van der Waals surface area contributed by atoms with Crippen molar-refractivity contribution in [3.8, 4) is 0 Å². The van der Waals surface area contributed by atoms with Gasteiger partial charge in [0.15, 0.2) is 0 Å². The van der Waals surface area contributed by atoms with Gasteiger partial charge >= 0.3 is 11.9 Å². The normalized spacial score (nSPS) is 11.5. The Labute approximate surface area is 170 Å². The van der Waals surface area contributed by atoms with Crippen LogP contribution in [0.3, 0.4) is 0 Å². The van der Waals surface area contributed by atoms with Crippen molar-refractivity contribution in [2.24, 2.45) is 0 Å². The third-order valence-corrected chi connectivity index (χ3v) is 4.78. The molecule has 0 unspecified atom stereocenters. The van der Waals surface area contributed by atoms with Crippen LogP contribution in [0.25, 0.3) is 0 Å². The lowest BCUT2D eigenvalue weighted by Gasteiger charge is -2.26. The van der Waals surface area contributed by atoms with E-state index in [0.717, 1.165) is 11.6 Å². The molecule has 0 aliphatic carbocycles. The van der Waals surface area contributed by atoms with E-state index in [2.05, 4.69) is 4.98 Å². The molecule has 0 atom stereocenters. The van der Waals surface area contributed by atoms with E-state index in [1.165, 1.54) is 27.7 Å². The third-order valence-electron chi connectivity index (χ3n) is 4.78. The smallest absolute Gasteiger partial charge is 0.383 e. The Morgan fingerprint density at radius 2 is 1.67 bits per heavy atom. The van der Waals surface area contributed by atoms with Crippen LogP contribution in [-0.2, 0) is 19.3 Å². The molecule has 0 amide bonds. The summed E-state index contributed by atoms with van der Waals surface area (Å²) in [5, 5.41) is 0. The fraction of sp³-hybridized carbons (Fsp3) is 0.238. The zero-order valence-corrected chi connectivity index (χ0v) is 16.2. The van der Waals surface area contributed by atoms with Crippen molar-refractivity contribution in [1.82, 2.24) is 9.55 Å². The van der Waals surface area contributed by atoms with Crippen LogP contribution in [0.15, 0.2) is 64.2 Å². The molecule has 0 bridgehead atoms. The van der Waals surface area contributed by atoms with Gasteiger partial charge in [0.1, 0.15) is 11.5 Å². The molecule has 0 fully saturated rings. The number of nitrogens with two attached hydrogens (primary N) is 1. The lowest BCUT2D eigenvalue weighted by atomic mass is 10.1. The van der Waals surface area contributed by atoms with Crippen LogP contribution in [-0.4, -0.2) is 16.1 Å². The average molecular weight is 418 g/mol. The second-order valence-electron chi connectivity index (χ2n) is 6.73. The highest BCUT2D eigenvalue weighted by atomic mass is 19.4. The molecule has 0 radical (unpaired) electrons. The highest BCUT2D eigenvalue weighted by Gasteiger charge is 2.33. The molecule has 3 rings (SSSR count). The summed E-state index contributed by atoms with van der Waals surface area (Å²) in [5.74, 6) is -0.0982. The molecule has 6 nitrogen and oxygen atoms in total. The van der Waals surface area contributed by atoms with Crippen molar-refractivity contribution in [2.45, 2.75) is 26.2 Å². The van der Waals surface area contributed by atoms with Gasteiger partial charge in [-0.3, -0.25) is 14.3 Å². The summed E-state index contributed by atoms with van der Waals surface area (Å²) in [5.41, 5.74) is 4.71. The molecule has 0 spiro atoms. The Balaban J connectivity index is 2.05. The fourth-order valence-electron chi connectivity index (χ4n) is 3.30. The second-order valence-corrected chi connectivity index (χ2v) is 6.73. The van der Waals surface area contributed by atoms with E-state index in [1.54, 1.807) is 31.2 Å². The molecule has 9 heteroatoms. The maximum Gasteiger partial charge on any atom is 0.416 e. The Morgan fingerprint density at radius 1 is 1.03 bits per heavy atom. The molecule has 2 aromatic carbocycles. The molecule has 158 valence electrons. The number of hydrogen-bond acceptors (Lipinski definition) is 4. The first-order chi connectivity index (χ1) is 14.2. The standard InChI is InChI=1S/C21H21F3N4O2/c1-2-27(13-15-10-6-7-11-16(15)21(22,23)24)17-18(25)28(20(30)26-19(17)29)12-14-8-4-3-5-9-14/h3-11H,2,12-13,25H2,1H3,(H,26,29,30). The number of anilines is 2. The lowest BCUT2D eigenvalue weighted by Crippen LogP contribution is -2.38. The van der Waals surface area contributed by atoms with Crippen LogP contribution in [0.2, 0.25) is 0 Å². The third kappa shape index (κ3) is 4.40. The summed E-state index contributed by atoms with van der Waals surface area (Å²) in [6.45, 7) is 1.83. The zero-order valence-electron chi connectivity index (χ0n) is 16.2. The number of benzene rings is 2. The first kappa shape index (κ1) is 21.2. The molecule has 0 aliphatic rings. The number of aromatic amines is 1. The number of H-pyrrole nitrogens is 1. The zero-order chi connectivity index (χ0) is 21.9. The number of nitrogens with zero attached hydrogens (tertiary/aromatic N) is 2. The number of halogens is 3. The predicted octanol–water partition coefficient (Wildman–Crippen LogP) is 3.21. The minimum absolute atomic E-state index is 0.00598. The first-order valence-corrected chi connectivity index (χ1v) is 9.29. The molecule has 0 saturated carbocycles. The summed E-state index contributed by atoms with van der Waals surface area (Å²) in [4.78, 5) is 28.5. The molecule has 0 saturated heterocycles. The second kappa shape index (κ2) is 8.48. The van der Waals surface area contributed by atoms with E-state index in [9.17, 15) is 22.8 Å². The monoisotopic (exact) mass is 418 g/mol. The maximum absolute atomic E-state index is 13.4. The van der Waals surface area contributed by atoms with Gasteiger partial charge in [-0.05, 0) is 24.1 Å². The van der Waals surface area contributed by atoms with Gasteiger partial charge in [0.05, 0.1) is 12.1 Å². The molecule has 1 heterocycles. The molecule has 0 aliphatic heterocycles. The summed E-state index contributed by atoms with van der Waals surface area (Å²) < 4.78 is 41.3. The molecular weight excluding hydrogens is 397 g/mol. The van der Waals surface area contributed by atoms with Crippen LogP contribution in [0.1, 0.15) is 23.6 Å². The molecular formula is C21H21F3N4O2. The molecule has 3 N–H and O–H groups in total. The lowest BCUT2D eigenvalue weighted by molar-refractivity contribution is -0.138. The Kier molecular flexibility index (Phi) is 6.00. The first-order valence-electron chi connectivity index (χ1n) is 9.29. The Bertz CT molecular complexity index is 1140. The summed E-state index contributed by atoms with van der Waals surface area (Å²) in [6.07, 6.45) is -4.53. The average Bonchev–Trinajstić information content (AvgIpc) is 2.70. The molecule has 30 heavy (non-hydrogen) atoms. The number of nitrogen functional groups attached to an aromatic ring is 1. The van der Waals surface area contributed by atoms with E-state index < -0.39 is 23.0 Å². The predicted molar refractivity (Wildman–Crippen MR) is 109 cm³/mol. The number of nitrogens with one attached hydrogen (secondary N) is 1. The van der Waals surface area contributed by atoms with Gasteiger partial charge in [0.2, 0.25) is 0 Å². The van der Waals surface area contributed by atoms with Gasteiger partial charge in [0.25, 0.3) is 5.56 Å². The van der Waals surface area contributed by atoms with E-state index in [-0.39, 0.29) is 36.7 Å². The van der Waals surface area contributed by atoms with E-state index in [1.807, 2.05) is 6.07 Å². The van der Waals surface area contributed by atoms with E-state index in [0.29, 0.717) is 0 Å². The van der Waals surface area contributed by atoms with Crippen LogP contribution in [0.5, 0.6) is 0 Å². The Morgan fingerprint density at radius 3 is 2.30 bits per heavy atom. The molecule has 1 aromatic heterocycles. The van der Waals surface area contributed by atoms with E-state index in [4.69, 9.17) is 5.73 Å². The largest absolute Gasteiger partial charge is 0.416 e. The van der Waals surface area contributed by atoms with Crippen LogP contribution >= 0.6 is 0 Å². The minimum Gasteiger partial charge on any atom is -0.383 e. The SMILES string of the molecule is CCN(Cc1ccccc1C(F)(F)F)c1c(N)n(Cc2ccccc2)c(=O)[nH]c1=O. The highest BCUT2D eigenvalue weighted by molar-refractivity contribution is 5.63. The summed E-state index contributed by atoms with van der Waals surface area (Å²) >= 11 is 0. The van der Waals surface area contributed by atoms with Crippen molar-refractivity contribution < 1.29 is 13.2 Å². The number of alkyl halides is 3. The summed E-state index contributed by atoms with van der Waals surface area (Å²) in [6, 6.07) is 14.2. The van der Waals surface area contributed by atoms with Crippen LogP contribution in [0, 0.1) is 0 Å². The maximum atomic E-state index is 13.4. The number of rotatable bonds is 6. The molecule has 3 aromatic rings. The topological polar surface area (TPSA) is 84.1 Å². The van der Waals surface area contributed by atoms with Crippen molar-refractivity contribution in [3.63, 3.8) is 0 Å².